The number of aliphatic hydroxyl groups is 1. The molecule has 5 heteroatoms. The van der Waals surface area contributed by atoms with Gasteiger partial charge in [-0.05, 0) is 47.4 Å². The molecule has 0 aliphatic rings. The van der Waals surface area contributed by atoms with Crippen molar-refractivity contribution in [2.45, 2.75) is 12.5 Å². The van der Waals surface area contributed by atoms with E-state index in [0.29, 0.717) is 16.5 Å². The molecule has 2 aromatic rings. The van der Waals surface area contributed by atoms with E-state index in [0.717, 1.165) is 16.7 Å². The zero-order valence-electron chi connectivity index (χ0n) is 12.4. The van der Waals surface area contributed by atoms with Gasteiger partial charge in [-0.1, -0.05) is 54.0 Å². The molecule has 2 rings (SSSR count). The van der Waals surface area contributed by atoms with E-state index in [2.05, 4.69) is 11.9 Å². The van der Waals surface area contributed by atoms with Gasteiger partial charge in [0, 0.05) is 10.0 Å². The van der Waals surface area contributed by atoms with E-state index in [9.17, 15) is 9.90 Å². The lowest BCUT2D eigenvalue weighted by Crippen LogP contribution is -2.38. The molecular formula is C18H17Cl2NO2. The minimum Gasteiger partial charge on any atom is -0.394 e. The first-order chi connectivity index (χ1) is 11.0. The first-order valence-corrected chi connectivity index (χ1v) is 7.86. The fraction of sp³-hybridized carbons (Fsp3) is 0.167. The number of nitrogens with one attached hydrogen (secondary N) is 1. The predicted octanol–water partition coefficient (Wildman–Crippen LogP) is 3.87. The van der Waals surface area contributed by atoms with Crippen molar-refractivity contribution in [2.24, 2.45) is 0 Å². The number of hydrogen-bond acceptors (Lipinski definition) is 2. The van der Waals surface area contributed by atoms with Crippen LogP contribution in [0, 0.1) is 0 Å². The van der Waals surface area contributed by atoms with Crippen molar-refractivity contribution in [2.75, 3.05) is 6.61 Å². The Morgan fingerprint density at radius 3 is 2.26 bits per heavy atom. The maximum absolute atomic E-state index is 11.3. The Morgan fingerprint density at radius 2 is 1.74 bits per heavy atom. The van der Waals surface area contributed by atoms with Crippen molar-refractivity contribution >= 4 is 29.1 Å². The number of carbonyl (C=O) groups is 1. The van der Waals surface area contributed by atoms with Gasteiger partial charge in [-0.3, -0.25) is 4.79 Å². The summed E-state index contributed by atoms with van der Waals surface area (Å²) in [7, 11) is 0. The number of aliphatic hydroxyl groups excluding tert-OH is 1. The van der Waals surface area contributed by atoms with Gasteiger partial charge in [-0.15, -0.1) is 0 Å². The third kappa shape index (κ3) is 5.10. The van der Waals surface area contributed by atoms with Crippen molar-refractivity contribution in [1.29, 1.82) is 0 Å². The molecule has 0 aromatic heterocycles. The molecule has 0 unspecified atom stereocenters. The molecule has 3 nitrogen and oxygen atoms in total. The summed E-state index contributed by atoms with van der Waals surface area (Å²) in [6.07, 6.45) is 1.72. The smallest absolute Gasteiger partial charge is 0.243 e. The molecule has 0 aliphatic carbocycles. The first kappa shape index (κ1) is 17.5. The van der Waals surface area contributed by atoms with E-state index in [1.54, 1.807) is 6.07 Å². The lowest BCUT2D eigenvalue weighted by molar-refractivity contribution is -0.117. The third-order valence-corrected chi connectivity index (χ3v) is 3.82. The normalized spacial score (nSPS) is 11.8. The van der Waals surface area contributed by atoms with Gasteiger partial charge in [-0.25, -0.2) is 0 Å². The van der Waals surface area contributed by atoms with Gasteiger partial charge in [0.2, 0.25) is 5.91 Å². The van der Waals surface area contributed by atoms with Crippen LogP contribution in [0.1, 0.15) is 5.56 Å². The Morgan fingerprint density at radius 1 is 1.13 bits per heavy atom. The van der Waals surface area contributed by atoms with E-state index in [1.807, 2.05) is 36.4 Å². The van der Waals surface area contributed by atoms with E-state index in [4.69, 9.17) is 23.2 Å². The number of rotatable bonds is 6. The van der Waals surface area contributed by atoms with Crippen LogP contribution in [0.25, 0.3) is 11.1 Å². The Hall–Kier alpha value is -1.81. The van der Waals surface area contributed by atoms with E-state index >= 15 is 0 Å². The number of benzene rings is 2. The lowest BCUT2D eigenvalue weighted by Gasteiger charge is -2.15. The molecule has 1 amide bonds. The fourth-order valence-electron chi connectivity index (χ4n) is 2.26. The highest BCUT2D eigenvalue weighted by atomic mass is 35.5. The van der Waals surface area contributed by atoms with Crippen molar-refractivity contribution in [3.05, 3.63) is 70.7 Å². The van der Waals surface area contributed by atoms with Gasteiger partial charge in [0.25, 0.3) is 0 Å². The van der Waals surface area contributed by atoms with Crippen LogP contribution >= 0.6 is 23.2 Å². The summed E-state index contributed by atoms with van der Waals surface area (Å²) in [6.45, 7) is 3.27. The minimum absolute atomic E-state index is 0.134. The van der Waals surface area contributed by atoms with Crippen molar-refractivity contribution in [1.82, 2.24) is 5.32 Å². The van der Waals surface area contributed by atoms with Crippen molar-refractivity contribution in [3.8, 4) is 11.1 Å². The summed E-state index contributed by atoms with van der Waals surface area (Å²) in [5.41, 5.74) is 2.94. The van der Waals surface area contributed by atoms with Crippen molar-refractivity contribution < 1.29 is 9.90 Å². The fourth-order valence-corrected chi connectivity index (χ4v) is 2.79. The van der Waals surface area contributed by atoms with Crippen LogP contribution in [0.3, 0.4) is 0 Å². The van der Waals surface area contributed by atoms with Crippen LogP contribution in [0.2, 0.25) is 10.0 Å². The summed E-state index contributed by atoms with van der Waals surface area (Å²) < 4.78 is 0. The molecule has 0 radical (unpaired) electrons. The SMILES string of the molecule is C=CC(=O)N[C@H](CO)Cc1ccc(-c2cc(Cl)cc(Cl)c2)cc1. The van der Waals surface area contributed by atoms with Crippen LogP contribution in [0.4, 0.5) is 0 Å². The van der Waals surface area contributed by atoms with Gasteiger partial charge in [0.05, 0.1) is 12.6 Å². The maximum atomic E-state index is 11.3. The van der Waals surface area contributed by atoms with Crippen LogP contribution in [0.5, 0.6) is 0 Å². The molecule has 0 saturated heterocycles. The molecule has 0 bridgehead atoms. The quantitative estimate of drug-likeness (QED) is 0.777. The van der Waals surface area contributed by atoms with Crippen LogP contribution in [0.15, 0.2) is 55.1 Å². The zero-order valence-corrected chi connectivity index (χ0v) is 13.9. The second kappa shape index (κ2) is 8.16. The highest BCUT2D eigenvalue weighted by Crippen LogP contribution is 2.27. The van der Waals surface area contributed by atoms with Gasteiger partial charge < -0.3 is 10.4 Å². The highest BCUT2D eigenvalue weighted by Gasteiger charge is 2.10. The molecule has 0 fully saturated rings. The number of carbonyl (C=O) groups excluding carboxylic acids is 1. The van der Waals surface area contributed by atoms with Gasteiger partial charge in [-0.2, -0.15) is 0 Å². The standard InChI is InChI=1S/C18H17Cl2NO2/c1-2-18(23)21-17(11-22)7-12-3-5-13(6-4-12)14-8-15(19)10-16(20)9-14/h2-6,8-10,17,22H,1,7,11H2,(H,21,23)/t17-/m0/s1. The van der Waals surface area contributed by atoms with Gasteiger partial charge in [0.1, 0.15) is 0 Å². The average Bonchev–Trinajstić information content (AvgIpc) is 2.53. The first-order valence-electron chi connectivity index (χ1n) is 7.11. The summed E-state index contributed by atoms with van der Waals surface area (Å²) >= 11 is 12.0. The number of hydrogen-bond donors (Lipinski definition) is 2. The maximum Gasteiger partial charge on any atom is 0.243 e. The molecule has 0 spiro atoms. The Balaban J connectivity index is 2.12. The second-order valence-electron chi connectivity index (χ2n) is 5.15. The Bertz CT molecular complexity index is 678. The van der Waals surface area contributed by atoms with E-state index in [-0.39, 0.29) is 18.6 Å². The number of amides is 1. The molecule has 1 atom stereocenters. The Kier molecular flexibility index (Phi) is 6.22. The molecule has 120 valence electrons. The van der Waals surface area contributed by atoms with Crippen LogP contribution in [-0.4, -0.2) is 23.7 Å². The topological polar surface area (TPSA) is 49.3 Å². The number of halogens is 2. The molecule has 2 aromatic carbocycles. The lowest BCUT2D eigenvalue weighted by atomic mass is 10.0. The summed E-state index contributed by atoms with van der Waals surface area (Å²) in [4.78, 5) is 11.3. The largest absolute Gasteiger partial charge is 0.394 e. The molecule has 0 heterocycles. The molecular weight excluding hydrogens is 333 g/mol. The molecule has 23 heavy (non-hydrogen) atoms. The van der Waals surface area contributed by atoms with E-state index < -0.39 is 0 Å². The van der Waals surface area contributed by atoms with Crippen molar-refractivity contribution in [3.63, 3.8) is 0 Å². The molecule has 2 N–H and O–H groups in total. The van der Waals surface area contributed by atoms with Crippen LogP contribution < -0.4 is 5.32 Å². The predicted molar refractivity (Wildman–Crippen MR) is 94.8 cm³/mol. The Labute approximate surface area is 145 Å². The molecule has 0 saturated carbocycles. The second-order valence-corrected chi connectivity index (χ2v) is 6.02. The van der Waals surface area contributed by atoms with Gasteiger partial charge >= 0.3 is 0 Å². The van der Waals surface area contributed by atoms with Crippen LogP contribution in [-0.2, 0) is 11.2 Å². The monoisotopic (exact) mass is 349 g/mol. The summed E-state index contributed by atoms with van der Waals surface area (Å²) in [5.74, 6) is -0.297. The van der Waals surface area contributed by atoms with E-state index in [1.165, 1.54) is 6.08 Å². The summed E-state index contributed by atoms with van der Waals surface area (Å²) in [6, 6.07) is 12.9. The molecule has 0 aliphatic heterocycles. The summed E-state index contributed by atoms with van der Waals surface area (Å²) in [5, 5.41) is 13.2. The average molecular weight is 350 g/mol. The van der Waals surface area contributed by atoms with Gasteiger partial charge in [0.15, 0.2) is 0 Å². The third-order valence-electron chi connectivity index (χ3n) is 3.38. The zero-order chi connectivity index (χ0) is 16.8. The highest BCUT2D eigenvalue weighted by molar-refractivity contribution is 6.35. The minimum atomic E-state index is -0.341.